The molecule has 2 saturated carbocycles. The van der Waals surface area contributed by atoms with Crippen LogP contribution in [0.15, 0.2) is 18.6 Å². The molecule has 2 N–H and O–H groups in total. The number of hydrogen-bond donors (Lipinski definition) is 2. The number of nitrogens with one attached hydrogen (secondary N) is 2. The molecule has 0 unspecified atom stereocenters. The molecule has 25 heavy (non-hydrogen) atoms. The van der Waals surface area contributed by atoms with Crippen molar-refractivity contribution in [3.63, 3.8) is 0 Å². The highest BCUT2D eigenvalue weighted by Crippen LogP contribution is 2.35. The molecule has 2 aliphatic rings. The predicted octanol–water partition coefficient (Wildman–Crippen LogP) is 4.37. The fraction of sp³-hybridized carbons (Fsp3) is 0.562. The summed E-state index contributed by atoms with van der Waals surface area (Å²) in [6.45, 7) is 0. The summed E-state index contributed by atoms with van der Waals surface area (Å²) < 4.78 is 40.0. The summed E-state index contributed by atoms with van der Waals surface area (Å²) in [6, 6.07) is 0.432. The summed E-state index contributed by atoms with van der Waals surface area (Å²) in [6.07, 6.45) is 7.85. The number of rotatable bonds is 4. The van der Waals surface area contributed by atoms with Crippen molar-refractivity contribution < 1.29 is 13.2 Å². The van der Waals surface area contributed by atoms with Gasteiger partial charge in [0, 0.05) is 19.4 Å². The Balaban J connectivity index is 0.000000401. The second kappa shape index (κ2) is 7.28. The van der Waals surface area contributed by atoms with Crippen LogP contribution in [0, 0.1) is 0 Å². The van der Waals surface area contributed by atoms with E-state index in [1.165, 1.54) is 32.7 Å². The van der Waals surface area contributed by atoms with Gasteiger partial charge in [0.1, 0.15) is 11.4 Å². The van der Waals surface area contributed by atoms with Crippen molar-refractivity contribution in [2.75, 3.05) is 17.7 Å². The topological polar surface area (TPSA) is 67.7 Å². The molecule has 2 aliphatic carbocycles. The minimum absolute atomic E-state index is 0.0858. The van der Waals surface area contributed by atoms with E-state index in [4.69, 9.17) is 0 Å². The largest absolute Gasteiger partial charge is 0.421 e. The van der Waals surface area contributed by atoms with E-state index in [0.717, 1.165) is 19.0 Å². The van der Waals surface area contributed by atoms with Gasteiger partial charge in [-0.2, -0.15) is 23.3 Å². The second-order valence-electron chi connectivity index (χ2n) is 6.18. The maximum Gasteiger partial charge on any atom is 0.421 e. The molecule has 6 nitrogen and oxygen atoms in total. The van der Waals surface area contributed by atoms with Gasteiger partial charge in [-0.1, -0.05) is 25.7 Å². The highest BCUT2D eigenvalue weighted by Gasteiger charge is 2.35. The van der Waals surface area contributed by atoms with Crippen LogP contribution in [-0.4, -0.2) is 26.8 Å². The van der Waals surface area contributed by atoms with Crippen molar-refractivity contribution in [1.82, 2.24) is 19.7 Å². The Morgan fingerprint density at radius 2 is 1.80 bits per heavy atom. The Bertz CT molecular complexity index is 700. The van der Waals surface area contributed by atoms with E-state index in [1.807, 2.05) is 4.68 Å². The van der Waals surface area contributed by atoms with Crippen molar-refractivity contribution in [1.29, 1.82) is 0 Å². The van der Waals surface area contributed by atoms with Crippen molar-refractivity contribution in [2.24, 2.45) is 0 Å². The average molecular weight is 354 g/mol. The van der Waals surface area contributed by atoms with Crippen molar-refractivity contribution in [2.45, 2.75) is 50.7 Å². The zero-order valence-electron chi connectivity index (χ0n) is 14.0. The molecular weight excluding hydrogens is 333 g/mol. The molecule has 2 fully saturated rings. The third-order valence-electron chi connectivity index (χ3n) is 4.11. The lowest BCUT2D eigenvalue weighted by molar-refractivity contribution is -0.137. The Hall–Kier alpha value is -2.32. The van der Waals surface area contributed by atoms with Crippen LogP contribution in [0.2, 0.25) is 0 Å². The Morgan fingerprint density at radius 3 is 2.32 bits per heavy atom. The second-order valence-corrected chi connectivity index (χ2v) is 6.18. The molecule has 0 radical (unpaired) electrons. The minimum atomic E-state index is -4.49. The fourth-order valence-corrected chi connectivity index (χ4v) is 2.16. The Labute approximate surface area is 143 Å². The van der Waals surface area contributed by atoms with Gasteiger partial charge in [0.25, 0.3) is 0 Å². The number of anilines is 3. The molecule has 136 valence electrons. The quantitative estimate of drug-likeness (QED) is 0.853. The van der Waals surface area contributed by atoms with Gasteiger partial charge in [0.2, 0.25) is 5.95 Å². The summed E-state index contributed by atoms with van der Waals surface area (Å²) in [5.74, 6) is -0.183. The van der Waals surface area contributed by atoms with Crippen LogP contribution in [0.25, 0.3) is 0 Å². The van der Waals surface area contributed by atoms with Crippen LogP contribution < -0.4 is 10.6 Å². The molecule has 2 aromatic rings. The van der Waals surface area contributed by atoms with Crippen LogP contribution >= 0.6 is 0 Å². The van der Waals surface area contributed by atoms with Gasteiger partial charge in [0.15, 0.2) is 0 Å². The van der Waals surface area contributed by atoms with Gasteiger partial charge in [0.05, 0.1) is 17.9 Å². The van der Waals surface area contributed by atoms with Crippen molar-refractivity contribution in [3.05, 3.63) is 24.2 Å². The minimum Gasteiger partial charge on any atom is -0.372 e. The molecular formula is C16H21F3N6. The first-order valence-corrected chi connectivity index (χ1v) is 8.40. The molecule has 0 amide bonds. The first kappa shape index (κ1) is 17.5. The number of hydrogen-bond acceptors (Lipinski definition) is 5. The van der Waals surface area contributed by atoms with Gasteiger partial charge in [-0.3, -0.25) is 4.68 Å². The van der Waals surface area contributed by atoms with E-state index in [9.17, 15) is 13.2 Å². The van der Waals surface area contributed by atoms with E-state index in [0.29, 0.717) is 11.7 Å². The van der Waals surface area contributed by atoms with E-state index >= 15 is 0 Å². The van der Waals surface area contributed by atoms with E-state index < -0.39 is 11.7 Å². The lowest BCUT2D eigenvalue weighted by Gasteiger charge is -2.12. The molecule has 4 rings (SSSR count). The van der Waals surface area contributed by atoms with Gasteiger partial charge in [-0.25, -0.2) is 4.98 Å². The summed E-state index contributed by atoms with van der Waals surface area (Å²) in [5.41, 5.74) is -0.257. The van der Waals surface area contributed by atoms with Crippen molar-refractivity contribution >= 4 is 17.5 Å². The van der Waals surface area contributed by atoms with Gasteiger partial charge >= 0.3 is 6.18 Å². The maximum atomic E-state index is 12.7. The molecule has 2 aromatic heterocycles. The lowest BCUT2D eigenvalue weighted by Crippen LogP contribution is -2.12. The number of halogens is 3. The molecule has 2 heterocycles. The van der Waals surface area contributed by atoms with Crippen LogP contribution in [0.5, 0.6) is 0 Å². The van der Waals surface area contributed by atoms with Crippen LogP contribution in [0.4, 0.5) is 30.6 Å². The van der Waals surface area contributed by atoms with E-state index in [-0.39, 0.29) is 11.8 Å². The first-order valence-electron chi connectivity index (χ1n) is 8.40. The van der Waals surface area contributed by atoms with Crippen LogP contribution in [-0.2, 0) is 6.18 Å². The zero-order chi connectivity index (χ0) is 17.9. The van der Waals surface area contributed by atoms with Gasteiger partial charge in [-0.15, -0.1) is 0 Å². The normalized spacial score (nSPS) is 16.5. The van der Waals surface area contributed by atoms with Crippen LogP contribution in [0.1, 0.15) is 50.1 Å². The third kappa shape index (κ3) is 4.61. The van der Waals surface area contributed by atoms with Gasteiger partial charge in [-0.05, 0) is 12.8 Å². The molecule has 0 aromatic carbocycles. The summed E-state index contributed by atoms with van der Waals surface area (Å²) >= 11 is 0. The highest BCUT2D eigenvalue weighted by atomic mass is 19.4. The monoisotopic (exact) mass is 354 g/mol. The molecule has 0 bridgehead atoms. The third-order valence-corrected chi connectivity index (χ3v) is 4.11. The maximum absolute atomic E-state index is 12.7. The SMILES string of the molecule is C1CCC1.CNc1nc(Nc2cnn(C3CC3)c2)ncc1C(F)(F)F. The lowest BCUT2D eigenvalue weighted by atomic mass is 10.0. The number of aromatic nitrogens is 4. The standard InChI is InChI=1S/C12H13F3N6.C4H8/c1-16-10-9(12(13,14)15)5-17-11(20-10)19-7-4-18-21(6-7)8-2-3-8;1-2-4-3-1/h4-6,8H,2-3H2,1H3,(H2,16,17,19,20);1-4H2. The average Bonchev–Trinajstić information content (AvgIpc) is 3.25. The van der Waals surface area contributed by atoms with Crippen LogP contribution in [0.3, 0.4) is 0 Å². The van der Waals surface area contributed by atoms with E-state index in [2.05, 4.69) is 25.7 Å². The summed E-state index contributed by atoms with van der Waals surface area (Å²) in [4.78, 5) is 7.53. The summed E-state index contributed by atoms with van der Waals surface area (Å²) in [7, 11) is 1.38. The zero-order valence-corrected chi connectivity index (χ0v) is 14.0. The molecule has 0 saturated heterocycles. The molecule has 0 spiro atoms. The van der Waals surface area contributed by atoms with E-state index in [1.54, 1.807) is 12.4 Å². The first-order chi connectivity index (χ1) is 12.0. The fourth-order valence-electron chi connectivity index (χ4n) is 2.16. The molecule has 0 aliphatic heterocycles. The highest BCUT2D eigenvalue weighted by molar-refractivity contribution is 5.55. The Kier molecular flexibility index (Phi) is 5.10. The Morgan fingerprint density at radius 1 is 1.12 bits per heavy atom. The predicted molar refractivity (Wildman–Crippen MR) is 88.8 cm³/mol. The van der Waals surface area contributed by atoms with Crippen molar-refractivity contribution in [3.8, 4) is 0 Å². The summed E-state index contributed by atoms with van der Waals surface area (Å²) in [5, 5.41) is 9.45. The number of alkyl halides is 3. The number of nitrogens with zero attached hydrogens (tertiary/aromatic N) is 4. The van der Waals surface area contributed by atoms with Gasteiger partial charge < -0.3 is 10.6 Å². The molecule has 0 atom stereocenters. The molecule has 9 heteroatoms. The smallest absolute Gasteiger partial charge is 0.372 e.